The van der Waals surface area contributed by atoms with E-state index >= 15 is 0 Å². The molecule has 4 aromatic rings. The molecule has 31 heavy (non-hydrogen) atoms. The van der Waals surface area contributed by atoms with Gasteiger partial charge in [-0.15, -0.1) is 0 Å². The van der Waals surface area contributed by atoms with Gasteiger partial charge in [0, 0.05) is 16.1 Å². The Kier molecular flexibility index (Phi) is 6.02. The highest BCUT2D eigenvalue weighted by Crippen LogP contribution is 2.41. The van der Waals surface area contributed by atoms with Crippen LogP contribution < -0.4 is 10.1 Å². The van der Waals surface area contributed by atoms with E-state index in [0.717, 1.165) is 11.1 Å². The van der Waals surface area contributed by atoms with Crippen molar-refractivity contribution in [3.63, 3.8) is 0 Å². The molecule has 0 spiro atoms. The number of anilines is 1. The lowest BCUT2D eigenvalue weighted by Crippen LogP contribution is -2.20. The first-order chi connectivity index (χ1) is 15.2. The Balaban J connectivity index is 1.65. The van der Waals surface area contributed by atoms with Crippen molar-refractivity contribution < 1.29 is 13.9 Å². The molecule has 3 aromatic carbocycles. The Morgan fingerprint density at radius 1 is 0.935 bits per heavy atom. The van der Waals surface area contributed by atoms with Crippen LogP contribution in [0.25, 0.3) is 22.5 Å². The number of amides is 1. The maximum atomic E-state index is 12.5. The SMILES string of the molecule is N#Cc1c(NC(=O)COc2ccc(Cl)cc2)oc(-c2ccccc2)c1-c1ccccc1. The lowest BCUT2D eigenvalue weighted by atomic mass is 9.98. The van der Waals surface area contributed by atoms with Gasteiger partial charge in [0.25, 0.3) is 5.91 Å². The fourth-order valence-corrected chi connectivity index (χ4v) is 3.27. The summed E-state index contributed by atoms with van der Waals surface area (Å²) < 4.78 is 11.5. The molecule has 1 N–H and O–H groups in total. The van der Waals surface area contributed by atoms with Crippen molar-refractivity contribution in [3.05, 3.63) is 95.5 Å². The smallest absolute Gasteiger partial charge is 0.264 e. The minimum absolute atomic E-state index is 0.0879. The highest BCUT2D eigenvalue weighted by Gasteiger charge is 2.24. The predicted molar refractivity (Wildman–Crippen MR) is 120 cm³/mol. The fraction of sp³-hybridized carbons (Fsp3) is 0.0400. The molecule has 4 rings (SSSR count). The first-order valence-corrected chi connectivity index (χ1v) is 9.89. The molecule has 1 amide bonds. The molecule has 1 heterocycles. The van der Waals surface area contributed by atoms with E-state index in [2.05, 4.69) is 11.4 Å². The second kappa shape index (κ2) is 9.21. The van der Waals surface area contributed by atoms with Crippen molar-refractivity contribution in [1.29, 1.82) is 5.26 Å². The number of furan rings is 1. The molecule has 1 aromatic heterocycles. The summed E-state index contributed by atoms with van der Waals surface area (Å²) in [6.45, 7) is -0.242. The monoisotopic (exact) mass is 428 g/mol. The molecule has 0 radical (unpaired) electrons. The quantitative estimate of drug-likeness (QED) is 0.399. The van der Waals surface area contributed by atoms with E-state index in [1.807, 2.05) is 60.7 Å². The van der Waals surface area contributed by atoms with E-state index < -0.39 is 5.91 Å². The normalized spacial score (nSPS) is 10.3. The minimum Gasteiger partial charge on any atom is -0.484 e. The Morgan fingerprint density at radius 3 is 2.16 bits per heavy atom. The molecule has 0 saturated carbocycles. The van der Waals surface area contributed by atoms with E-state index in [1.165, 1.54) is 0 Å². The van der Waals surface area contributed by atoms with Gasteiger partial charge in [-0.2, -0.15) is 5.26 Å². The Labute approximate surface area is 184 Å². The molecule has 0 aliphatic heterocycles. The zero-order chi connectivity index (χ0) is 21.6. The summed E-state index contributed by atoms with van der Waals surface area (Å²) in [5, 5.41) is 13.1. The third-order valence-electron chi connectivity index (χ3n) is 4.56. The number of carbonyl (C=O) groups is 1. The molecule has 0 fully saturated rings. The van der Waals surface area contributed by atoms with Gasteiger partial charge in [0.2, 0.25) is 5.88 Å². The van der Waals surface area contributed by atoms with Crippen molar-refractivity contribution in [2.75, 3.05) is 11.9 Å². The molecular formula is C25H17ClN2O3. The summed E-state index contributed by atoms with van der Waals surface area (Å²) in [6.07, 6.45) is 0. The van der Waals surface area contributed by atoms with Crippen molar-refractivity contribution in [2.24, 2.45) is 0 Å². The van der Waals surface area contributed by atoms with Gasteiger partial charge in [-0.05, 0) is 29.8 Å². The topological polar surface area (TPSA) is 75.3 Å². The number of benzene rings is 3. The van der Waals surface area contributed by atoms with Crippen LogP contribution in [0.15, 0.2) is 89.3 Å². The van der Waals surface area contributed by atoms with Crippen LogP contribution >= 0.6 is 11.6 Å². The molecular weight excluding hydrogens is 412 g/mol. The molecule has 0 aliphatic rings. The highest BCUT2D eigenvalue weighted by atomic mass is 35.5. The second-order valence-corrected chi connectivity index (χ2v) is 7.08. The van der Waals surface area contributed by atoms with Crippen LogP contribution in [0, 0.1) is 11.3 Å². The fourth-order valence-electron chi connectivity index (χ4n) is 3.14. The largest absolute Gasteiger partial charge is 0.484 e. The van der Waals surface area contributed by atoms with Crippen molar-refractivity contribution >= 4 is 23.4 Å². The van der Waals surface area contributed by atoms with Crippen molar-refractivity contribution in [3.8, 4) is 34.3 Å². The van der Waals surface area contributed by atoms with Crippen LogP contribution in [-0.4, -0.2) is 12.5 Å². The summed E-state index contributed by atoms with van der Waals surface area (Å²) in [5.41, 5.74) is 2.50. The first-order valence-electron chi connectivity index (χ1n) is 9.51. The highest BCUT2D eigenvalue weighted by molar-refractivity contribution is 6.30. The summed E-state index contributed by atoms with van der Waals surface area (Å²) in [4.78, 5) is 12.5. The minimum atomic E-state index is -0.445. The predicted octanol–water partition coefficient (Wildman–Crippen LogP) is 6.16. The number of ether oxygens (including phenoxy) is 1. The lowest BCUT2D eigenvalue weighted by molar-refractivity contribution is -0.118. The molecule has 0 saturated heterocycles. The van der Waals surface area contributed by atoms with E-state index in [1.54, 1.807) is 24.3 Å². The van der Waals surface area contributed by atoms with Gasteiger partial charge in [-0.25, -0.2) is 0 Å². The number of hydrogen-bond acceptors (Lipinski definition) is 4. The Bertz CT molecular complexity index is 1230. The van der Waals surface area contributed by atoms with E-state index in [-0.39, 0.29) is 18.1 Å². The second-order valence-electron chi connectivity index (χ2n) is 6.64. The zero-order valence-electron chi connectivity index (χ0n) is 16.3. The van der Waals surface area contributed by atoms with Crippen LogP contribution in [0.1, 0.15) is 5.56 Å². The summed E-state index contributed by atoms with van der Waals surface area (Å²) in [7, 11) is 0. The summed E-state index contributed by atoms with van der Waals surface area (Å²) in [5.74, 6) is 0.663. The third-order valence-corrected chi connectivity index (χ3v) is 4.81. The van der Waals surface area contributed by atoms with Crippen LogP contribution in [0.2, 0.25) is 5.02 Å². The molecule has 5 nitrogen and oxygen atoms in total. The standard InChI is InChI=1S/C25H17ClN2O3/c26-19-11-13-20(14-12-19)30-16-22(29)28-25-21(15-27)23(17-7-3-1-4-8-17)24(31-25)18-9-5-2-6-10-18/h1-14H,16H2,(H,28,29). The molecule has 152 valence electrons. The maximum Gasteiger partial charge on any atom is 0.264 e. The maximum absolute atomic E-state index is 12.5. The average Bonchev–Trinajstić information content (AvgIpc) is 3.18. The lowest BCUT2D eigenvalue weighted by Gasteiger charge is -2.06. The number of hydrogen-bond donors (Lipinski definition) is 1. The van der Waals surface area contributed by atoms with Gasteiger partial charge >= 0.3 is 0 Å². The summed E-state index contributed by atoms with van der Waals surface area (Å²) >= 11 is 5.86. The number of nitrogens with zero attached hydrogens (tertiary/aromatic N) is 1. The zero-order valence-corrected chi connectivity index (χ0v) is 17.1. The number of rotatable bonds is 6. The van der Waals surface area contributed by atoms with Crippen LogP contribution in [0.3, 0.4) is 0 Å². The molecule has 0 unspecified atom stereocenters. The van der Waals surface area contributed by atoms with Gasteiger partial charge in [-0.1, -0.05) is 72.3 Å². The number of nitrogens with one attached hydrogen (secondary N) is 1. The Hall–Kier alpha value is -4.01. The molecule has 0 atom stereocenters. The van der Waals surface area contributed by atoms with E-state index in [9.17, 15) is 10.1 Å². The Morgan fingerprint density at radius 2 is 1.55 bits per heavy atom. The van der Waals surface area contributed by atoms with Gasteiger partial charge in [0.05, 0.1) is 0 Å². The van der Waals surface area contributed by atoms with Gasteiger partial charge in [0.15, 0.2) is 6.61 Å². The van der Waals surface area contributed by atoms with Crippen LogP contribution in [0.5, 0.6) is 5.75 Å². The first kappa shape index (κ1) is 20.3. The third kappa shape index (κ3) is 4.61. The number of halogens is 1. The van der Waals surface area contributed by atoms with Gasteiger partial charge in [0.1, 0.15) is 23.1 Å². The van der Waals surface area contributed by atoms with Crippen LogP contribution in [0.4, 0.5) is 5.88 Å². The molecule has 0 aliphatic carbocycles. The average molecular weight is 429 g/mol. The van der Waals surface area contributed by atoms with Crippen molar-refractivity contribution in [1.82, 2.24) is 0 Å². The number of carbonyl (C=O) groups excluding carboxylic acids is 1. The van der Waals surface area contributed by atoms with E-state index in [4.69, 9.17) is 20.8 Å². The van der Waals surface area contributed by atoms with Gasteiger partial charge in [-0.3, -0.25) is 10.1 Å². The van der Waals surface area contributed by atoms with Crippen LogP contribution in [-0.2, 0) is 4.79 Å². The summed E-state index contributed by atoms with van der Waals surface area (Å²) in [6, 6.07) is 27.8. The number of nitriles is 1. The van der Waals surface area contributed by atoms with E-state index in [0.29, 0.717) is 22.1 Å². The van der Waals surface area contributed by atoms with Crippen molar-refractivity contribution in [2.45, 2.75) is 0 Å². The molecule has 6 heteroatoms. The van der Waals surface area contributed by atoms with Gasteiger partial charge < -0.3 is 9.15 Å². The molecule has 0 bridgehead atoms.